The number of sulfone groups is 1. The van der Waals surface area contributed by atoms with Crippen molar-refractivity contribution in [2.24, 2.45) is 0 Å². The normalized spacial score (nSPS) is 15.1. The molecule has 3 heterocycles. The highest BCUT2D eigenvalue weighted by Gasteiger charge is 2.59. The molecule has 0 saturated heterocycles. The van der Waals surface area contributed by atoms with Crippen LogP contribution in [0.25, 0.3) is 11.4 Å². The van der Waals surface area contributed by atoms with Gasteiger partial charge in [0.1, 0.15) is 11.4 Å². The van der Waals surface area contributed by atoms with Gasteiger partial charge in [-0.1, -0.05) is 6.92 Å². The van der Waals surface area contributed by atoms with Crippen molar-refractivity contribution >= 4 is 21.4 Å². The highest BCUT2D eigenvalue weighted by Crippen LogP contribution is 2.39. The number of carbonyl (C=O) groups excluding carboxylic acids is 1. The topological polar surface area (TPSA) is 89.5 Å². The van der Waals surface area contributed by atoms with Gasteiger partial charge in [-0.2, -0.15) is 22.0 Å². The Hall–Kier alpha value is -2.97. The smallest absolute Gasteiger partial charge is 0.455 e. The number of amides is 1. The SMILES string of the molecule is CCS(=O)(=O)c1cc(OCC(C)(F)F)cnc1-c1cc2c(cn1)N(CC(F)(F)C(F)(F)F)C(=O)CC2. The van der Waals surface area contributed by atoms with Crippen LogP contribution in [-0.2, 0) is 21.1 Å². The molecule has 1 amide bonds. The van der Waals surface area contributed by atoms with E-state index in [-0.39, 0.29) is 41.2 Å². The molecule has 1 aliphatic heterocycles. The molecular formula is C21H20F7N3O4S. The molecule has 0 radical (unpaired) electrons. The van der Waals surface area contributed by atoms with Crippen LogP contribution < -0.4 is 9.64 Å². The third-order valence-corrected chi connectivity index (χ3v) is 6.96. The molecule has 0 N–H and O–H groups in total. The summed E-state index contributed by atoms with van der Waals surface area (Å²) in [7, 11) is -3.99. The minimum absolute atomic E-state index is 0.0274. The van der Waals surface area contributed by atoms with E-state index in [1.54, 1.807) is 0 Å². The van der Waals surface area contributed by atoms with E-state index >= 15 is 0 Å². The van der Waals surface area contributed by atoms with Crippen molar-refractivity contribution < 1.29 is 48.7 Å². The average Bonchev–Trinajstić information content (AvgIpc) is 2.78. The summed E-state index contributed by atoms with van der Waals surface area (Å²) in [6.45, 7) is -1.04. The highest BCUT2D eigenvalue weighted by molar-refractivity contribution is 7.91. The van der Waals surface area contributed by atoms with E-state index in [2.05, 4.69) is 9.97 Å². The first-order valence-electron chi connectivity index (χ1n) is 10.4. The maximum absolute atomic E-state index is 13.6. The van der Waals surface area contributed by atoms with Gasteiger partial charge in [0, 0.05) is 19.4 Å². The number of aryl methyl sites for hydroxylation is 1. The summed E-state index contributed by atoms with van der Waals surface area (Å²) in [4.78, 5) is 20.0. The van der Waals surface area contributed by atoms with E-state index in [4.69, 9.17) is 4.74 Å². The standard InChI is InChI=1S/C21H20F7N3O4S/c1-3-36(33,34)16-7-13(35-11-19(2,22)23)8-30-18(16)14-6-12-4-5-17(32)31(15(12)9-29-14)10-20(24,25)21(26,27)28/h6-9H,3-5,10-11H2,1-2H3. The molecule has 0 aliphatic carbocycles. The Labute approximate surface area is 201 Å². The summed E-state index contributed by atoms with van der Waals surface area (Å²) < 4.78 is 122. The van der Waals surface area contributed by atoms with Gasteiger partial charge in [-0.25, -0.2) is 22.2 Å². The number of alkyl halides is 7. The summed E-state index contributed by atoms with van der Waals surface area (Å²) in [5.74, 6) is -9.98. The zero-order valence-electron chi connectivity index (χ0n) is 18.9. The quantitative estimate of drug-likeness (QED) is 0.458. The Morgan fingerprint density at radius 1 is 1.03 bits per heavy atom. The molecule has 2 aromatic rings. The van der Waals surface area contributed by atoms with Crippen molar-refractivity contribution in [3.63, 3.8) is 0 Å². The van der Waals surface area contributed by atoms with Gasteiger partial charge < -0.3 is 9.64 Å². The first kappa shape index (κ1) is 27.6. The molecule has 0 unspecified atom stereocenters. The second-order valence-electron chi connectivity index (χ2n) is 8.16. The van der Waals surface area contributed by atoms with Crippen LogP contribution in [0, 0.1) is 0 Å². The number of halogens is 7. The zero-order valence-corrected chi connectivity index (χ0v) is 19.7. The number of rotatable bonds is 8. The first-order chi connectivity index (χ1) is 16.4. The molecular weight excluding hydrogens is 523 g/mol. The maximum atomic E-state index is 13.6. The average molecular weight is 543 g/mol. The monoisotopic (exact) mass is 543 g/mol. The van der Waals surface area contributed by atoms with Gasteiger partial charge in [0.15, 0.2) is 16.4 Å². The van der Waals surface area contributed by atoms with Crippen molar-refractivity contribution in [3.05, 3.63) is 30.1 Å². The Morgan fingerprint density at radius 2 is 1.69 bits per heavy atom. The molecule has 15 heteroatoms. The van der Waals surface area contributed by atoms with Gasteiger partial charge in [-0.05, 0) is 18.1 Å². The summed E-state index contributed by atoms with van der Waals surface area (Å²) in [6, 6.07) is 2.23. The number of anilines is 1. The van der Waals surface area contributed by atoms with Crippen LogP contribution in [0.3, 0.4) is 0 Å². The van der Waals surface area contributed by atoms with Crippen molar-refractivity contribution in [2.75, 3.05) is 23.8 Å². The highest BCUT2D eigenvalue weighted by atomic mass is 32.2. The van der Waals surface area contributed by atoms with Gasteiger partial charge in [0.2, 0.25) is 5.91 Å². The predicted octanol–water partition coefficient (Wildman–Crippen LogP) is 4.45. The van der Waals surface area contributed by atoms with E-state index in [9.17, 15) is 43.9 Å². The first-order valence-corrected chi connectivity index (χ1v) is 12.1. The number of carbonyl (C=O) groups is 1. The fourth-order valence-corrected chi connectivity index (χ4v) is 4.39. The van der Waals surface area contributed by atoms with Crippen molar-refractivity contribution in [1.82, 2.24) is 9.97 Å². The van der Waals surface area contributed by atoms with Crippen molar-refractivity contribution in [3.8, 4) is 17.1 Å². The molecule has 0 atom stereocenters. The van der Waals surface area contributed by atoms with Gasteiger partial charge in [0.25, 0.3) is 5.92 Å². The van der Waals surface area contributed by atoms with Crippen LogP contribution in [0.15, 0.2) is 29.4 Å². The molecule has 0 bridgehead atoms. The number of nitrogens with zero attached hydrogens (tertiary/aromatic N) is 3. The molecule has 0 fully saturated rings. The van der Waals surface area contributed by atoms with Crippen LogP contribution in [0.4, 0.5) is 36.4 Å². The Balaban J connectivity index is 2.04. The number of pyridine rings is 2. The lowest BCUT2D eigenvalue weighted by Crippen LogP contribution is -2.50. The summed E-state index contributed by atoms with van der Waals surface area (Å²) in [5.41, 5.74) is -0.390. The van der Waals surface area contributed by atoms with Crippen LogP contribution in [0.5, 0.6) is 5.75 Å². The second-order valence-corrected chi connectivity index (χ2v) is 10.4. The van der Waals surface area contributed by atoms with Crippen molar-refractivity contribution in [2.45, 2.75) is 49.6 Å². The van der Waals surface area contributed by atoms with E-state index in [1.807, 2.05) is 0 Å². The van der Waals surface area contributed by atoms with Crippen LogP contribution >= 0.6 is 0 Å². The molecule has 198 valence electrons. The number of aromatic nitrogens is 2. The zero-order chi connectivity index (χ0) is 27.1. The van der Waals surface area contributed by atoms with E-state index < -0.39 is 57.6 Å². The number of fused-ring (bicyclic) bond motifs is 1. The Bertz CT molecular complexity index is 1260. The Kier molecular flexibility index (Phi) is 7.27. The Morgan fingerprint density at radius 3 is 2.28 bits per heavy atom. The predicted molar refractivity (Wildman–Crippen MR) is 113 cm³/mol. The number of ether oxygens (including phenoxy) is 1. The third-order valence-electron chi connectivity index (χ3n) is 5.21. The molecule has 1 aliphatic rings. The molecule has 36 heavy (non-hydrogen) atoms. The van der Waals surface area contributed by atoms with E-state index in [0.29, 0.717) is 11.8 Å². The summed E-state index contributed by atoms with van der Waals surface area (Å²) in [5, 5.41) is 0. The van der Waals surface area contributed by atoms with Crippen LogP contribution in [0.1, 0.15) is 25.8 Å². The number of hydrogen-bond acceptors (Lipinski definition) is 6. The largest absolute Gasteiger partial charge is 0.486 e. The molecule has 0 spiro atoms. The maximum Gasteiger partial charge on any atom is 0.455 e. The number of hydrogen-bond donors (Lipinski definition) is 0. The van der Waals surface area contributed by atoms with E-state index in [0.717, 1.165) is 18.5 Å². The fraction of sp³-hybridized carbons (Fsp3) is 0.476. The second kappa shape index (κ2) is 9.48. The van der Waals surface area contributed by atoms with Crippen molar-refractivity contribution in [1.29, 1.82) is 0 Å². The summed E-state index contributed by atoms with van der Waals surface area (Å²) >= 11 is 0. The minimum atomic E-state index is -5.88. The molecule has 0 saturated carbocycles. The lowest BCUT2D eigenvalue weighted by Gasteiger charge is -2.32. The van der Waals surface area contributed by atoms with Crippen LogP contribution in [0.2, 0.25) is 0 Å². The van der Waals surface area contributed by atoms with Gasteiger partial charge in [-0.15, -0.1) is 0 Å². The minimum Gasteiger partial charge on any atom is -0.486 e. The summed E-state index contributed by atoms with van der Waals surface area (Å²) in [6.07, 6.45) is -4.38. The van der Waals surface area contributed by atoms with Gasteiger partial charge >= 0.3 is 12.1 Å². The van der Waals surface area contributed by atoms with Gasteiger partial charge in [0.05, 0.1) is 41.0 Å². The molecule has 0 aromatic carbocycles. The molecule has 7 nitrogen and oxygen atoms in total. The molecule has 2 aromatic heterocycles. The van der Waals surface area contributed by atoms with Gasteiger partial charge in [-0.3, -0.25) is 9.78 Å². The third kappa shape index (κ3) is 5.87. The van der Waals surface area contributed by atoms with Crippen LogP contribution in [-0.4, -0.2) is 61.2 Å². The lowest BCUT2D eigenvalue weighted by molar-refractivity contribution is -0.276. The fourth-order valence-electron chi connectivity index (χ4n) is 3.34. The van der Waals surface area contributed by atoms with E-state index in [1.165, 1.54) is 13.0 Å². The molecule has 3 rings (SSSR count). The lowest BCUT2D eigenvalue weighted by atomic mass is 10.0.